The van der Waals surface area contributed by atoms with E-state index in [0.717, 1.165) is 0 Å². The van der Waals surface area contributed by atoms with Crippen molar-refractivity contribution < 1.29 is 5.11 Å². The van der Waals surface area contributed by atoms with E-state index in [2.05, 4.69) is 24.4 Å². The normalized spacial score (nSPS) is 12.6. The van der Waals surface area contributed by atoms with Gasteiger partial charge in [-0.05, 0) is 29.1 Å². The molecule has 1 aromatic carbocycles. The number of hydrogen-bond donors (Lipinski definition) is 1. The summed E-state index contributed by atoms with van der Waals surface area (Å²) in [6.07, 6.45) is 0. The van der Waals surface area contributed by atoms with E-state index in [1.165, 1.54) is 10.4 Å². The summed E-state index contributed by atoms with van der Waals surface area (Å²) in [6, 6.07) is 11.6. The molecule has 0 fully saturated rings. The number of rotatable bonds is 2. The third-order valence-corrected chi connectivity index (χ3v) is 3.42. The van der Waals surface area contributed by atoms with Gasteiger partial charge in [0.05, 0.1) is 0 Å². The number of phenols is 1. The minimum Gasteiger partial charge on any atom is -0.508 e. The van der Waals surface area contributed by atoms with Gasteiger partial charge in [0, 0.05) is 10.8 Å². The Bertz CT molecular complexity index is 389. The van der Waals surface area contributed by atoms with Gasteiger partial charge in [0.25, 0.3) is 0 Å². The zero-order chi connectivity index (χ0) is 9.97. The predicted octanol–water partition coefficient (Wildman–Crippen LogP) is 3.61. The fraction of sp³-hybridized carbons (Fsp3) is 0.167. The zero-order valence-corrected chi connectivity index (χ0v) is 8.79. The van der Waals surface area contributed by atoms with E-state index in [4.69, 9.17) is 0 Å². The smallest absolute Gasteiger partial charge is 0.115 e. The molecular formula is C12H12OS. The van der Waals surface area contributed by atoms with E-state index in [-0.39, 0.29) is 0 Å². The van der Waals surface area contributed by atoms with Gasteiger partial charge in [-0.3, -0.25) is 0 Å². The Balaban J connectivity index is 2.28. The molecule has 0 radical (unpaired) electrons. The maximum atomic E-state index is 9.17. The Labute approximate surface area is 87.7 Å². The summed E-state index contributed by atoms with van der Waals surface area (Å²) in [6.45, 7) is 2.18. The molecule has 1 N–H and O–H groups in total. The van der Waals surface area contributed by atoms with E-state index in [1.54, 1.807) is 23.5 Å². The van der Waals surface area contributed by atoms with Crippen LogP contribution in [0.2, 0.25) is 0 Å². The lowest BCUT2D eigenvalue weighted by atomic mass is 10.00. The number of benzene rings is 1. The molecule has 0 aliphatic heterocycles. The predicted molar refractivity (Wildman–Crippen MR) is 59.9 cm³/mol. The molecule has 14 heavy (non-hydrogen) atoms. The summed E-state index contributed by atoms with van der Waals surface area (Å²) >= 11 is 1.77. The van der Waals surface area contributed by atoms with Crippen LogP contribution < -0.4 is 0 Å². The van der Waals surface area contributed by atoms with Crippen LogP contribution in [0.4, 0.5) is 0 Å². The first-order chi connectivity index (χ1) is 6.77. The summed E-state index contributed by atoms with van der Waals surface area (Å²) in [5, 5.41) is 11.3. The molecule has 0 aliphatic rings. The third kappa shape index (κ3) is 1.80. The molecule has 0 aliphatic carbocycles. The summed E-state index contributed by atoms with van der Waals surface area (Å²) < 4.78 is 0. The third-order valence-electron chi connectivity index (χ3n) is 2.36. The van der Waals surface area contributed by atoms with Gasteiger partial charge >= 0.3 is 0 Å². The second-order valence-corrected chi connectivity index (χ2v) is 4.31. The number of thiophene rings is 1. The van der Waals surface area contributed by atoms with Crippen molar-refractivity contribution in [3.8, 4) is 5.75 Å². The SMILES string of the molecule is CC(c1ccc(O)cc1)c1cccs1. The van der Waals surface area contributed by atoms with E-state index in [1.807, 2.05) is 12.1 Å². The molecule has 0 saturated heterocycles. The van der Waals surface area contributed by atoms with Crippen molar-refractivity contribution in [3.05, 3.63) is 52.2 Å². The van der Waals surface area contributed by atoms with Crippen molar-refractivity contribution >= 4 is 11.3 Å². The lowest BCUT2D eigenvalue weighted by molar-refractivity contribution is 0.475. The molecule has 1 nitrogen and oxygen atoms in total. The molecule has 1 atom stereocenters. The first kappa shape index (κ1) is 9.28. The Morgan fingerprint density at radius 1 is 1.14 bits per heavy atom. The van der Waals surface area contributed by atoms with Crippen molar-refractivity contribution in [2.75, 3.05) is 0 Å². The highest BCUT2D eigenvalue weighted by Crippen LogP contribution is 2.28. The molecule has 1 heterocycles. The van der Waals surface area contributed by atoms with Crippen LogP contribution in [0, 0.1) is 0 Å². The molecule has 2 aromatic rings. The van der Waals surface area contributed by atoms with Crippen molar-refractivity contribution in [2.45, 2.75) is 12.8 Å². The van der Waals surface area contributed by atoms with Gasteiger partial charge < -0.3 is 5.11 Å². The van der Waals surface area contributed by atoms with Crippen molar-refractivity contribution in [1.29, 1.82) is 0 Å². The molecule has 2 heteroatoms. The molecule has 72 valence electrons. The van der Waals surface area contributed by atoms with Crippen LogP contribution >= 0.6 is 11.3 Å². The average molecular weight is 204 g/mol. The largest absolute Gasteiger partial charge is 0.508 e. The summed E-state index contributed by atoms with van der Waals surface area (Å²) in [7, 11) is 0. The van der Waals surface area contributed by atoms with E-state index in [0.29, 0.717) is 11.7 Å². The Morgan fingerprint density at radius 2 is 1.86 bits per heavy atom. The van der Waals surface area contributed by atoms with Crippen LogP contribution in [-0.4, -0.2) is 5.11 Å². The molecule has 2 rings (SSSR count). The first-order valence-electron chi connectivity index (χ1n) is 4.59. The minimum atomic E-state index is 0.326. The molecule has 0 saturated carbocycles. The lowest BCUT2D eigenvalue weighted by Gasteiger charge is -2.09. The van der Waals surface area contributed by atoms with Gasteiger partial charge in [-0.2, -0.15) is 0 Å². The second kappa shape index (κ2) is 3.84. The first-order valence-corrected chi connectivity index (χ1v) is 5.47. The molecule has 1 aromatic heterocycles. The summed E-state index contributed by atoms with van der Waals surface area (Å²) in [5.74, 6) is 0.739. The fourth-order valence-corrected chi connectivity index (χ4v) is 2.28. The maximum absolute atomic E-state index is 9.17. The van der Waals surface area contributed by atoms with Crippen molar-refractivity contribution in [2.24, 2.45) is 0 Å². The number of hydrogen-bond acceptors (Lipinski definition) is 2. The quantitative estimate of drug-likeness (QED) is 0.792. The van der Waals surface area contributed by atoms with Crippen LogP contribution in [0.5, 0.6) is 5.75 Å². The number of phenolic OH excluding ortho intramolecular Hbond substituents is 1. The summed E-state index contributed by atoms with van der Waals surface area (Å²) in [5.41, 5.74) is 1.24. The van der Waals surface area contributed by atoms with Gasteiger partial charge in [-0.1, -0.05) is 25.1 Å². The lowest BCUT2D eigenvalue weighted by Crippen LogP contribution is -1.91. The monoisotopic (exact) mass is 204 g/mol. The highest BCUT2D eigenvalue weighted by atomic mass is 32.1. The highest BCUT2D eigenvalue weighted by Gasteiger charge is 2.08. The van der Waals surface area contributed by atoms with Crippen LogP contribution in [0.3, 0.4) is 0 Å². The topological polar surface area (TPSA) is 20.2 Å². The molecule has 0 bridgehead atoms. The number of aromatic hydroxyl groups is 1. The zero-order valence-electron chi connectivity index (χ0n) is 7.97. The van der Waals surface area contributed by atoms with Gasteiger partial charge in [-0.25, -0.2) is 0 Å². The van der Waals surface area contributed by atoms with E-state index < -0.39 is 0 Å². The van der Waals surface area contributed by atoms with Crippen molar-refractivity contribution in [3.63, 3.8) is 0 Å². The van der Waals surface area contributed by atoms with Gasteiger partial charge in [0.1, 0.15) is 5.75 Å². The second-order valence-electron chi connectivity index (χ2n) is 3.33. The van der Waals surface area contributed by atoms with Gasteiger partial charge in [-0.15, -0.1) is 11.3 Å². The highest BCUT2D eigenvalue weighted by molar-refractivity contribution is 7.10. The average Bonchev–Trinajstić information content (AvgIpc) is 2.71. The molecule has 1 unspecified atom stereocenters. The van der Waals surface area contributed by atoms with Crippen LogP contribution in [0.1, 0.15) is 23.3 Å². The van der Waals surface area contributed by atoms with Gasteiger partial charge in [0.2, 0.25) is 0 Å². The van der Waals surface area contributed by atoms with Crippen molar-refractivity contribution in [1.82, 2.24) is 0 Å². The fourth-order valence-electron chi connectivity index (χ4n) is 1.46. The van der Waals surface area contributed by atoms with E-state index in [9.17, 15) is 5.11 Å². The van der Waals surface area contributed by atoms with Gasteiger partial charge in [0.15, 0.2) is 0 Å². The van der Waals surface area contributed by atoms with E-state index >= 15 is 0 Å². The maximum Gasteiger partial charge on any atom is 0.115 e. The minimum absolute atomic E-state index is 0.326. The Kier molecular flexibility index (Phi) is 2.55. The van der Waals surface area contributed by atoms with Crippen LogP contribution in [0.15, 0.2) is 41.8 Å². The standard InChI is InChI=1S/C12H12OS/c1-9(12-3-2-8-14-12)10-4-6-11(13)7-5-10/h2-9,13H,1H3. The molecular weight excluding hydrogens is 192 g/mol. The summed E-state index contributed by atoms with van der Waals surface area (Å²) in [4.78, 5) is 1.36. The molecule has 0 spiro atoms. The van der Waals surface area contributed by atoms with Crippen LogP contribution in [0.25, 0.3) is 0 Å². The Hall–Kier alpha value is -1.28. The Morgan fingerprint density at radius 3 is 2.43 bits per heavy atom. The molecule has 0 amide bonds. The van der Waals surface area contributed by atoms with Crippen LogP contribution in [-0.2, 0) is 0 Å².